The smallest absolute Gasteiger partial charge is 0.323 e. The fourth-order valence-electron chi connectivity index (χ4n) is 5.52. The van der Waals surface area contributed by atoms with E-state index >= 15 is 0 Å². The Balaban J connectivity index is 1.24. The Morgan fingerprint density at radius 3 is 2.39 bits per heavy atom. The number of nitrogens with one attached hydrogen (secondary N) is 6. The van der Waals surface area contributed by atoms with E-state index in [0.29, 0.717) is 23.1 Å². The van der Waals surface area contributed by atoms with Gasteiger partial charge in [-0.05, 0) is 61.6 Å². The zero-order chi connectivity index (χ0) is 31.3. The first-order chi connectivity index (χ1) is 21.1. The highest BCUT2D eigenvalue weighted by molar-refractivity contribution is 7.89. The number of hydrogen-bond acceptors (Lipinski definition) is 8. The zero-order valence-electron chi connectivity index (χ0n) is 24.6. The van der Waals surface area contributed by atoms with E-state index in [1.54, 1.807) is 38.1 Å². The number of aromatic nitrogens is 2. The van der Waals surface area contributed by atoms with Gasteiger partial charge in [0.2, 0.25) is 10.0 Å². The molecule has 12 nitrogen and oxygen atoms in total. The van der Waals surface area contributed by atoms with Gasteiger partial charge in [-0.1, -0.05) is 54.6 Å². The van der Waals surface area contributed by atoms with Gasteiger partial charge in [0.25, 0.3) is 5.91 Å². The first kappa shape index (κ1) is 31.3. The summed E-state index contributed by atoms with van der Waals surface area (Å²) in [6.45, 7) is 5.51. The molecule has 0 saturated carbocycles. The van der Waals surface area contributed by atoms with Crippen molar-refractivity contribution in [2.45, 2.75) is 43.9 Å². The summed E-state index contributed by atoms with van der Waals surface area (Å²) in [5, 5.41) is 30.5. The van der Waals surface area contributed by atoms with E-state index in [1.807, 2.05) is 36.4 Å². The summed E-state index contributed by atoms with van der Waals surface area (Å²) < 4.78 is 29.1. The normalized spacial score (nSPS) is 14.6. The Morgan fingerprint density at radius 2 is 1.70 bits per heavy atom. The molecule has 1 amide bonds. The molecule has 1 fully saturated rings. The maximum absolute atomic E-state index is 13.4. The molecule has 7 N–H and O–H groups in total. The Hall–Kier alpha value is -4.14. The average molecular weight is 620 g/mol. The van der Waals surface area contributed by atoms with E-state index in [4.69, 9.17) is 0 Å². The van der Waals surface area contributed by atoms with Crippen LogP contribution in [0.5, 0.6) is 0 Å². The van der Waals surface area contributed by atoms with Gasteiger partial charge < -0.3 is 10.4 Å². The van der Waals surface area contributed by atoms with Crippen molar-refractivity contribution in [2.24, 2.45) is 0 Å². The van der Waals surface area contributed by atoms with Crippen LogP contribution in [-0.2, 0) is 21.2 Å². The Labute approximate surface area is 256 Å². The molecule has 1 aromatic heterocycles. The third-order valence-electron chi connectivity index (χ3n) is 7.58. The number of carbonyl (C=O) groups is 2. The fourth-order valence-corrected chi connectivity index (χ4v) is 7.16. The minimum Gasteiger partial charge on any atom is -0.480 e. The lowest BCUT2D eigenvalue weighted by molar-refractivity contribution is -0.138. The number of H-pyrrole nitrogens is 1. The molecule has 232 valence electrons. The summed E-state index contributed by atoms with van der Waals surface area (Å²) in [4.78, 5) is 25.3. The topological polar surface area (TPSA) is 177 Å². The van der Waals surface area contributed by atoms with Crippen molar-refractivity contribution in [1.82, 2.24) is 36.2 Å². The van der Waals surface area contributed by atoms with Crippen LogP contribution in [0.25, 0.3) is 22.0 Å². The van der Waals surface area contributed by atoms with E-state index < -0.39 is 34.5 Å². The van der Waals surface area contributed by atoms with Crippen molar-refractivity contribution in [2.75, 3.05) is 26.2 Å². The van der Waals surface area contributed by atoms with Crippen LogP contribution in [0.4, 0.5) is 0 Å². The van der Waals surface area contributed by atoms with Crippen molar-refractivity contribution >= 4 is 32.8 Å². The molecule has 0 aliphatic carbocycles. The van der Waals surface area contributed by atoms with Crippen molar-refractivity contribution in [3.63, 3.8) is 0 Å². The van der Waals surface area contributed by atoms with Crippen LogP contribution >= 0.6 is 0 Å². The van der Waals surface area contributed by atoms with Gasteiger partial charge in [0.1, 0.15) is 12.3 Å². The second-order valence-corrected chi connectivity index (χ2v) is 12.5. The number of nitrogens with zero attached hydrogens (tertiary/aromatic N) is 1. The van der Waals surface area contributed by atoms with Crippen molar-refractivity contribution in [3.05, 3.63) is 83.0 Å². The molecule has 1 aliphatic rings. The second kappa shape index (κ2) is 13.7. The zero-order valence-corrected chi connectivity index (χ0v) is 25.4. The van der Waals surface area contributed by atoms with E-state index in [1.165, 1.54) is 0 Å². The van der Waals surface area contributed by atoms with E-state index in [-0.39, 0.29) is 16.7 Å². The SMILES string of the molecule is Cc1cc(-c2ccccc2)cc(C)c1S(=O)(=O)NC(CNC(=O)c1cccc2c(CCCNC3NCCN3)n[nH]c12)C(=O)O. The predicted octanol–water partition coefficient (Wildman–Crippen LogP) is 2.01. The third-order valence-corrected chi connectivity index (χ3v) is 9.36. The first-order valence-electron chi connectivity index (χ1n) is 14.5. The maximum Gasteiger partial charge on any atom is 0.323 e. The van der Waals surface area contributed by atoms with Gasteiger partial charge in [0.15, 0.2) is 0 Å². The standard InChI is InChI=1S/C31H37N7O5S/c1-19-16-22(21-8-4-3-5-9-21)17-20(2)28(19)44(42,43)38-26(30(40)41)18-35-29(39)24-11-6-10-23-25(36-37-27(23)24)12-7-13-32-31-33-14-15-34-31/h3-6,8-11,16-17,26,31-34,38H,7,12-15,18H2,1-2H3,(H,35,39)(H,36,37)(H,40,41). The molecule has 1 atom stereocenters. The molecule has 5 rings (SSSR count). The van der Waals surface area contributed by atoms with Gasteiger partial charge in [-0.15, -0.1) is 0 Å². The molecule has 0 radical (unpaired) electrons. The number of sulfonamides is 1. The van der Waals surface area contributed by atoms with Crippen molar-refractivity contribution in [3.8, 4) is 11.1 Å². The highest BCUT2D eigenvalue weighted by Crippen LogP contribution is 2.28. The summed E-state index contributed by atoms with van der Waals surface area (Å²) in [5.74, 6) is -1.96. The Bertz CT molecular complexity index is 1730. The number of carbonyl (C=O) groups excluding carboxylic acids is 1. The number of fused-ring (bicyclic) bond motifs is 1. The molecule has 0 bridgehead atoms. The average Bonchev–Trinajstić information content (AvgIpc) is 3.67. The van der Waals surface area contributed by atoms with E-state index in [2.05, 4.69) is 36.2 Å². The minimum atomic E-state index is -4.24. The highest BCUT2D eigenvalue weighted by Gasteiger charge is 2.29. The number of hydrogen-bond donors (Lipinski definition) is 7. The number of rotatable bonds is 13. The van der Waals surface area contributed by atoms with Crippen LogP contribution in [0, 0.1) is 13.8 Å². The van der Waals surface area contributed by atoms with Gasteiger partial charge in [0.05, 0.1) is 21.7 Å². The molecule has 0 spiro atoms. The van der Waals surface area contributed by atoms with E-state index in [0.717, 1.165) is 48.3 Å². The summed E-state index contributed by atoms with van der Waals surface area (Å²) in [6, 6.07) is 16.7. The van der Waals surface area contributed by atoms with Gasteiger partial charge >= 0.3 is 5.97 Å². The first-order valence-corrected chi connectivity index (χ1v) is 16.0. The maximum atomic E-state index is 13.4. The molecule has 3 aromatic carbocycles. The summed E-state index contributed by atoms with van der Waals surface area (Å²) in [6.07, 6.45) is 1.64. The van der Waals surface area contributed by atoms with Crippen LogP contribution in [-0.4, -0.2) is 74.1 Å². The number of amides is 1. The summed E-state index contributed by atoms with van der Waals surface area (Å²) in [5.41, 5.74) is 4.39. The largest absolute Gasteiger partial charge is 0.480 e. The monoisotopic (exact) mass is 619 g/mol. The quantitative estimate of drug-likeness (QED) is 0.110. The molecule has 4 aromatic rings. The summed E-state index contributed by atoms with van der Waals surface area (Å²) >= 11 is 0. The number of carboxylic acids is 1. The predicted molar refractivity (Wildman–Crippen MR) is 168 cm³/mol. The van der Waals surface area contributed by atoms with Gasteiger partial charge in [-0.3, -0.25) is 30.6 Å². The number of benzene rings is 3. The minimum absolute atomic E-state index is 0.00971. The fraction of sp³-hybridized carbons (Fsp3) is 0.323. The second-order valence-electron chi connectivity index (χ2n) is 10.8. The van der Waals surface area contributed by atoms with Gasteiger partial charge in [-0.25, -0.2) is 8.42 Å². The molecular formula is C31H37N7O5S. The molecule has 44 heavy (non-hydrogen) atoms. The molecule has 1 aliphatic heterocycles. The molecule has 1 unspecified atom stereocenters. The van der Waals surface area contributed by atoms with Crippen LogP contribution in [0.3, 0.4) is 0 Å². The lowest BCUT2D eigenvalue weighted by Gasteiger charge is -2.19. The number of aliphatic carboxylic acids is 1. The molecule has 1 saturated heterocycles. The Morgan fingerprint density at radius 1 is 1.00 bits per heavy atom. The lowest BCUT2D eigenvalue weighted by Crippen LogP contribution is -2.48. The van der Waals surface area contributed by atoms with Gasteiger partial charge in [0, 0.05) is 25.0 Å². The molecular weight excluding hydrogens is 582 g/mol. The van der Waals surface area contributed by atoms with Crippen molar-refractivity contribution < 1.29 is 23.1 Å². The number of aromatic amines is 1. The third kappa shape index (κ3) is 7.14. The van der Waals surface area contributed by atoms with Crippen LogP contribution in [0.2, 0.25) is 0 Å². The Kier molecular flexibility index (Phi) is 9.71. The van der Waals surface area contributed by atoms with Crippen LogP contribution in [0.1, 0.15) is 33.6 Å². The van der Waals surface area contributed by atoms with Crippen molar-refractivity contribution in [1.29, 1.82) is 0 Å². The molecule has 13 heteroatoms. The number of aryl methyl sites for hydroxylation is 3. The van der Waals surface area contributed by atoms with Crippen LogP contribution in [0.15, 0.2) is 65.6 Å². The van der Waals surface area contributed by atoms with Gasteiger partial charge in [-0.2, -0.15) is 9.82 Å². The number of carboxylic acid groups (broad SMARTS) is 1. The van der Waals surface area contributed by atoms with E-state index in [9.17, 15) is 23.1 Å². The lowest BCUT2D eigenvalue weighted by atomic mass is 10.0. The molecule has 2 heterocycles. The highest BCUT2D eigenvalue weighted by atomic mass is 32.2. The number of para-hydroxylation sites is 1. The summed E-state index contributed by atoms with van der Waals surface area (Å²) in [7, 11) is -4.24. The van der Waals surface area contributed by atoms with Crippen LogP contribution < -0.4 is 26.0 Å².